The monoisotopic (exact) mass is 340 g/mol. The Morgan fingerprint density at radius 2 is 2.09 bits per heavy atom. The molecule has 5 heteroatoms. The molecule has 1 amide bonds. The fourth-order valence-corrected chi connectivity index (χ4v) is 2.79. The summed E-state index contributed by atoms with van der Waals surface area (Å²) >= 11 is 0. The topological polar surface area (TPSA) is 50.4 Å². The predicted octanol–water partition coefficient (Wildman–Crippen LogP) is 2.70. The van der Waals surface area contributed by atoms with Crippen LogP contribution in [0.1, 0.15) is 38.2 Å². The van der Waals surface area contributed by atoms with Crippen molar-refractivity contribution < 1.29 is 9.53 Å². The molecule has 0 aromatic heterocycles. The zero-order chi connectivity index (χ0) is 15.6. The number of benzene rings is 1. The molecule has 0 spiro atoms. The van der Waals surface area contributed by atoms with Crippen LogP contribution in [-0.2, 0) is 16.0 Å². The predicted molar refractivity (Wildman–Crippen MR) is 96.1 cm³/mol. The maximum Gasteiger partial charge on any atom is 0.220 e. The maximum atomic E-state index is 11.9. The van der Waals surface area contributed by atoms with Gasteiger partial charge in [-0.2, -0.15) is 0 Å². The maximum absolute atomic E-state index is 11.9. The number of nitrogens with one attached hydrogen (secondary N) is 2. The van der Waals surface area contributed by atoms with E-state index in [1.165, 1.54) is 5.56 Å². The van der Waals surface area contributed by atoms with Crippen LogP contribution in [0.15, 0.2) is 30.3 Å². The van der Waals surface area contributed by atoms with Crippen LogP contribution in [0.2, 0.25) is 0 Å². The van der Waals surface area contributed by atoms with Gasteiger partial charge >= 0.3 is 0 Å². The van der Waals surface area contributed by atoms with E-state index in [4.69, 9.17) is 4.74 Å². The second kappa shape index (κ2) is 11.4. The van der Waals surface area contributed by atoms with E-state index in [9.17, 15) is 4.79 Å². The van der Waals surface area contributed by atoms with Gasteiger partial charge in [-0.15, -0.1) is 12.4 Å². The minimum atomic E-state index is 0. The Morgan fingerprint density at radius 3 is 2.83 bits per heavy atom. The molecule has 0 saturated carbocycles. The molecule has 1 aliphatic rings. The van der Waals surface area contributed by atoms with Gasteiger partial charge in [0.2, 0.25) is 5.91 Å². The van der Waals surface area contributed by atoms with Crippen LogP contribution in [0.4, 0.5) is 0 Å². The summed E-state index contributed by atoms with van der Waals surface area (Å²) in [6, 6.07) is 11.0. The van der Waals surface area contributed by atoms with Gasteiger partial charge in [-0.25, -0.2) is 0 Å². The number of carbonyl (C=O) groups is 1. The van der Waals surface area contributed by atoms with Gasteiger partial charge in [-0.1, -0.05) is 30.3 Å². The highest BCUT2D eigenvalue weighted by molar-refractivity contribution is 5.85. The number of amides is 1. The van der Waals surface area contributed by atoms with Gasteiger partial charge in [0.05, 0.1) is 6.61 Å². The summed E-state index contributed by atoms with van der Waals surface area (Å²) in [4.78, 5) is 11.9. The van der Waals surface area contributed by atoms with Crippen molar-refractivity contribution in [1.82, 2.24) is 10.6 Å². The first-order valence-corrected chi connectivity index (χ1v) is 8.40. The van der Waals surface area contributed by atoms with E-state index in [2.05, 4.69) is 29.7 Å². The van der Waals surface area contributed by atoms with Gasteiger partial charge in [0.25, 0.3) is 0 Å². The average Bonchev–Trinajstić information content (AvgIpc) is 2.54. The highest BCUT2D eigenvalue weighted by Crippen LogP contribution is 2.08. The Balaban J connectivity index is 0.00000264. The van der Waals surface area contributed by atoms with Crippen molar-refractivity contribution in [3.63, 3.8) is 0 Å². The van der Waals surface area contributed by atoms with E-state index >= 15 is 0 Å². The summed E-state index contributed by atoms with van der Waals surface area (Å²) < 4.78 is 5.61. The first-order chi connectivity index (χ1) is 10.8. The molecule has 2 N–H and O–H groups in total. The summed E-state index contributed by atoms with van der Waals surface area (Å²) in [6.07, 6.45) is 4.48. The van der Waals surface area contributed by atoms with Crippen molar-refractivity contribution in [1.29, 1.82) is 0 Å². The molecule has 130 valence electrons. The Kier molecular flexibility index (Phi) is 9.92. The van der Waals surface area contributed by atoms with E-state index in [1.807, 2.05) is 18.2 Å². The van der Waals surface area contributed by atoms with Gasteiger partial charge < -0.3 is 15.4 Å². The Bertz CT molecular complexity index is 442. The lowest BCUT2D eigenvalue weighted by molar-refractivity contribution is -0.122. The molecule has 2 unspecified atom stereocenters. The minimum Gasteiger partial charge on any atom is -0.381 e. The van der Waals surface area contributed by atoms with Crippen molar-refractivity contribution >= 4 is 18.3 Å². The van der Waals surface area contributed by atoms with Crippen LogP contribution in [-0.4, -0.2) is 37.7 Å². The molecule has 0 bridgehead atoms. The summed E-state index contributed by atoms with van der Waals surface area (Å²) in [6.45, 7) is 4.56. The third kappa shape index (κ3) is 7.82. The highest BCUT2D eigenvalue weighted by Gasteiger charge is 2.21. The largest absolute Gasteiger partial charge is 0.381 e. The van der Waals surface area contributed by atoms with E-state index in [0.29, 0.717) is 19.1 Å². The zero-order valence-corrected chi connectivity index (χ0v) is 14.7. The Labute approximate surface area is 145 Å². The summed E-state index contributed by atoms with van der Waals surface area (Å²) in [5.41, 5.74) is 1.29. The molecule has 1 aromatic rings. The van der Waals surface area contributed by atoms with E-state index in [-0.39, 0.29) is 24.4 Å². The second-order valence-electron chi connectivity index (χ2n) is 6.01. The number of hydrogen-bond donors (Lipinski definition) is 2. The van der Waals surface area contributed by atoms with Gasteiger partial charge in [0.1, 0.15) is 0 Å². The standard InChI is InChI=1S/C18H28N2O2.ClH/c1-15-17(9-5-12-19-15)20-18(21)10-6-13-22-14-11-16-7-3-2-4-8-16;/h2-4,7-8,15,17,19H,5-6,9-14H2,1H3,(H,20,21);1H. The smallest absolute Gasteiger partial charge is 0.220 e. The summed E-state index contributed by atoms with van der Waals surface area (Å²) in [5, 5.41) is 6.53. The molecule has 1 fully saturated rings. The number of rotatable bonds is 8. The van der Waals surface area contributed by atoms with Gasteiger partial charge in [0, 0.05) is 25.1 Å². The molecule has 2 rings (SSSR count). The van der Waals surface area contributed by atoms with Crippen LogP contribution < -0.4 is 10.6 Å². The fourth-order valence-electron chi connectivity index (χ4n) is 2.79. The SMILES string of the molecule is CC1NCCCC1NC(=O)CCCOCCc1ccccc1.Cl. The van der Waals surface area contributed by atoms with Crippen LogP contribution >= 0.6 is 12.4 Å². The van der Waals surface area contributed by atoms with Crippen LogP contribution in [0.3, 0.4) is 0 Å². The average molecular weight is 341 g/mol. The number of hydrogen-bond acceptors (Lipinski definition) is 3. The molecular formula is C18H29ClN2O2. The lowest BCUT2D eigenvalue weighted by Crippen LogP contribution is -2.51. The van der Waals surface area contributed by atoms with E-state index in [0.717, 1.165) is 38.8 Å². The second-order valence-corrected chi connectivity index (χ2v) is 6.01. The van der Waals surface area contributed by atoms with Gasteiger partial charge in [-0.3, -0.25) is 4.79 Å². The molecule has 0 radical (unpaired) electrons. The molecule has 1 saturated heterocycles. The first kappa shape index (κ1) is 19.9. The quantitative estimate of drug-likeness (QED) is 0.715. The summed E-state index contributed by atoms with van der Waals surface area (Å²) in [5.74, 6) is 0.146. The van der Waals surface area contributed by atoms with Crippen LogP contribution in [0, 0.1) is 0 Å². The van der Waals surface area contributed by atoms with Crippen molar-refractivity contribution in [3.8, 4) is 0 Å². The Morgan fingerprint density at radius 1 is 1.30 bits per heavy atom. The van der Waals surface area contributed by atoms with Crippen LogP contribution in [0.25, 0.3) is 0 Å². The zero-order valence-electron chi connectivity index (χ0n) is 13.9. The number of carbonyl (C=O) groups excluding carboxylic acids is 1. The fraction of sp³-hybridized carbons (Fsp3) is 0.611. The molecule has 2 atom stereocenters. The number of halogens is 1. The molecule has 0 aliphatic carbocycles. The van der Waals surface area contributed by atoms with Crippen LogP contribution in [0.5, 0.6) is 0 Å². The van der Waals surface area contributed by atoms with Crippen molar-refractivity contribution in [2.24, 2.45) is 0 Å². The van der Waals surface area contributed by atoms with Crippen molar-refractivity contribution in [2.75, 3.05) is 19.8 Å². The first-order valence-electron chi connectivity index (χ1n) is 8.40. The van der Waals surface area contributed by atoms with Gasteiger partial charge in [-0.05, 0) is 44.7 Å². The minimum absolute atomic E-state index is 0. The molecule has 1 heterocycles. The number of ether oxygens (including phenoxy) is 1. The summed E-state index contributed by atoms with van der Waals surface area (Å²) in [7, 11) is 0. The molecule has 1 aromatic carbocycles. The van der Waals surface area contributed by atoms with Gasteiger partial charge in [0.15, 0.2) is 0 Å². The Hall–Kier alpha value is -1.10. The lowest BCUT2D eigenvalue weighted by atomic mass is 10.00. The van der Waals surface area contributed by atoms with E-state index in [1.54, 1.807) is 0 Å². The normalized spacial score (nSPS) is 20.6. The lowest BCUT2D eigenvalue weighted by Gasteiger charge is -2.30. The highest BCUT2D eigenvalue weighted by atomic mass is 35.5. The third-order valence-electron chi connectivity index (χ3n) is 4.18. The molecule has 1 aliphatic heterocycles. The molecule has 23 heavy (non-hydrogen) atoms. The van der Waals surface area contributed by atoms with Crippen molar-refractivity contribution in [3.05, 3.63) is 35.9 Å². The van der Waals surface area contributed by atoms with E-state index < -0.39 is 0 Å². The molecule has 4 nitrogen and oxygen atoms in total. The third-order valence-corrected chi connectivity index (χ3v) is 4.18. The molecular weight excluding hydrogens is 312 g/mol. The number of piperidine rings is 1. The van der Waals surface area contributed by atoms with Crippen molar-refractivity contribution in [2.45, 2.75) is 51.1 Å².